The van der Waals surface area contributed by atoms with E-state index >= 15 is 0 Å². The Morgan fingerprint density at radius 3 is 2.52 bits per heavy atom. The molecule has 2 aromatic carbocycles. The van der Waals surface area contributed by atoms with E-state index in [-0.39, 0.29) is 23.8 Å². The summed E-state index contributed by atoms with van der Waals surface area (Å²) >= 11 is 0. The Balaban J connectivity index is 1.88. The summed E-state index contributed by atoms with van der Waals surface area (Å²) in [7, 11) is -1.78. The number of rotatable bonds is 7. The van der Waals surface area contributed by atoms with Gasteiger partial charge in [-0.1, -0.05) is 36.4 Å². The van der Waals surface area contributed by atoms with Gasteiger partial charge in [0.25, 0.3) is 0 Å². The first-order valence-corrected chi connectivity index (χ1v) is 8.99. The van der Waals surface area contributed by atoms with Crippen molar-refractivity contribution in [3.63, 3.8) is 0 Å². The van der Waals surface area contributed by atoms with E-state index < -0.39 is 9.84 Å². The van der Waals surface area contributed by atoms with Crippen LogP contribution in [0.5, 0.6) is 5.75 Å². The van der Waals surface area contributed by atoms with Crippen molar-refractivity contribution in [1.82, 2.24) is 0 Å². The summed E-state index contributed by atoms with van der Waals surface area (Å²) in [6.07, 6.45) is -0.0770. The van der Waals surface area contributed by atoms with E-state index in [1.165, 1.54) is 7.11 Å². The summed E-state index contributed by atoms with van der Waals surface area (Å²) in [5.74, 6) is 0.0484. The average molecular weight is 333 g/mol. The fourth-order valence-corrected chi connectivity index (χ4v) is 3.41. The molecular weight excluding hydrogens is 314 g/mol. The maximum absolute atomic E-state index is 12.1. The Hall–Kier alpha value is -2.34. The number of nitrogens with one attached hydrogen (secondary N) is 1. The van der Waals surface area contributed by atoms with Gasteiger partial charge in [-0.05, 0) is 17.7 Å². The molecule has 0 saturated heterocycles. The third-order valence-corrected chi connectivity index (χ3v) is 4.82. The number of ether oxygens (including phenoxy) is 1. The lowest BCUT2D eigenvalue weighted by atomic mass is 10.2. The highest BCUT2D eigenvalue weighted by Gasteiger charge is 2.14. The van der Waals surface area contributed by atoms with E-state index in [0.717, 1.165) is 5.56 Å². The molecule has 0 spiro atoms. The zero-order chi connectivity index (χ0) is 16.7. The number of sulfone groups is 1. The molecule has 0 radical (unpaired) electrons. The molecule has 5 nitrogen and oxygen atoms in total. The molecule has 6 heteroatoms. The Morgan fingerprint density at radius 1 is 1.09 bits per heavy atom. The summed E-state index contributed by atoms with van der Waals surface area (Å²) in [6.45, 7) is 0. The van der Waals surface area contributed by atoms with Gasteiger partial charge in [0.2, 0.25) is 5.91 Å². The molecule has 0 heterocycles. The average Bonchev–Trinajstić information content (AvgIpc) is 2.54. The van der Waals surface area contributed by atoms with Crippen LogP contribution in [0.2, 0.25) is 0 Å². The van der Waals surface area contributed by atoms with Crippen molar-refractivity contribution in [3.05, 3.63) is 60.2 Å². The van der Waals surface area contributed by atoms with Gasteiger partial charge >= 0.3 is 0 Å². The number of carbonyl (C=O) groups is 1. The van der Waals surface area contributed by atoms with Crippen molar-refractivity contribution in [2.45, 2.75) is 12.2 Å². The van der Waals surface area contributed by atoms with Crippen molar-refractivity contribution >= 4 is 21.4 Å². The van der Waals surface area contributed by atoms with Crippen LogP contribution < -0.4 is 10.1 Å². The zero-order valence-corrected chi connectivity index (χ0v) is 13.7. The van der Waals surface area contributed by atoms with Gasteiger partial charge in [-0.3, -0.25) is 4.79 Å². The Morgan fingerprint density at radius 2 is 1.83 bits per heavy atom. The van der Waals surface area contributed by atoms with Crippen LogP contribution in [0.1, 0.15) is 12.0 Å². The lowest BCUT2D eigenvalue weighted by molar-refractivity contribution is -0.115. The molecular formula is C17H19NO4S. The largest absolute Gasteiger partial charge is 0.497 e. The van der Waals surface area contributed by atoms with Gasteiger partial charge in [-0.15, -0.1) is 0 Å². The maximum Gasteiger partial charge on any atom is 0.225 e. The molecule has 23 heavy (non-hydrogen) atoms. The fourth-order valence-electron chi connectivity index (χ4n) is 2.07. The molecule has 0 unspecified atom stereocenters. The van der Waals surface area contributed by atoms with Gasteiger partial charge < -0.3 is 10.1 Å². The summed E-state index contributed by atoms with van der Waals surface area (Å²) in [5.41, 5.74) is 1.30. The van der Waals surface area contributed by atoms with Gasteiger partial charge in [0, 0.05) is 18.2 Å². The third kappa shape index (κ3) is 5.75. The number of benzene rings is 2. The Kier molecular flexibility index (Phi) is 5.76. The van der Waals surface area contributed by atoms with Crippen LogP contribution in [-0.2, 0) is 20.4 Å². The third-order valence-electron chi connectivity index (χ3n) is 3.22. The van der Waals surface area contributed by atoms with E-state index in [0.29, 0.717) is 11.4 Å². The highest BCUT2D eigenvalue weighted by Crippen LogP contribution is 2.17. The highest BCUT2D eigenvalue weighted by molar-refractivity contribution is 7.90. The second-order valence-corrected chi connectivity index (χ2v) is 7.29. The number of methoxy groups -OCH3 is 1. The summed E-state index contributed by atoms with van der Waals surface area (Å²) in [4.78, 5) is 11.9. The normalized spacial score (nSPS) is 11.0. The van der Waals surface area contributed by atoms with E-state index in [2.05, 4.69) is 5.32 Å². The minimum atomic E-state index is -3.32. The van der Waals surface area contributed by atoms with Crippen LogP contribution in [-0.4, -0.2) is 27.2 Å². The number of anilines is 1. The predicted octanol–water partition coefficient (Wildman–Crippen LogP) is 2.64. The number of hydrogen-bond donors (Lipinski definition) is 1. The summed E-state index contributed by atoms with van der Waals surface area (Å²) in [6, 6.07) is 15.8. The first-order chi connectivity index (χ1) is 11.0. The van der Waals surface area contributed by atoms with E-state index in [4.69, 9.17) is 4.74 Å². The minimum absolute atomic E-state index is 0.0553. The molecule has 0 aliphatic rings. The van der Waals surface area contributed by atoms with E-state index in [9.17, 15) is 13.2 Å². The molecule has 0 saturated carbocycles. The first-order valence-electron chi connectivity index (χ1n) is 7.17. The van der Waals surface area contributed by atoms with Gasteiger partial charge in [0.15, 0.2) is 9.84 Å². The lowest BCUT2D eigenvalue weighted by Crippen LogP contribution is -2.18. The van der Waals surface area contributed by atoms with Crippen LogP contribution in [0.15, 0.2) is 54.6 Å². The molecule has 0 aromatic heterocycles. The molecule has 0 atom stereocenters. The molecule has 2 rings (SSSR count). The quantitative estimate of drug-likeness (QED) is 0.845. The number of amides is 1. The van der Waals surface area contributed by atoms with Gasteiger partial charge in [0.05, 0.1) is 18.6 Å². The molecule has 2 aromatic rings. The van der Waals surface area contributed by atoms with Crippen LogP contribution in [0.25, 0.3) is 0 Å². The molecule has 122 valence electrons. The molecule has 0 aliphatic heterocycles. The maximum atomic E-state index is 12.1. The van der Waals surface area contributed by atoms with E-state index in [1.54, 1.807) is 48.5 Å². The summed E-state index contributed by atoms with van der Waals surface area (Å²) < 4.78 is 29.2. The van der Waals surface area contributed by atoms with Gasteiger partial charge in [-0.2, -0.15) is 0 Å². The molecule has 1 N–H and O–H groups in total. The van der Waals surface area contributed by atoms with Crippen LogP contribution in [0, 0.1) is 0 Å². The van der Waals surface area contributed by atoms with Crippen molar-refractivity contribution in [1.29, 1.82) is 0 Å². The summed E-state index contributed by atoms with van der Waals surface area (Å²) in [5, 5.41) is 2.67. The molecule has 0 fully saturated rings. The monoisotopic (exact) mass is 333 g/mol. The first kappa shape index (κ1) is 17.0. The predicted molar refractivity (Wildman–Crippen MR) is 90.2 cm³/mol. The molecule has 0 bridgehead atoms. The van der Waals surface area contributed by atoms with Crippen LogP contribution in [0.4, 0.5) is 5.69 Å². The highest BCUT2D eigenvalue weighted by atomic mass is 32.2. The zero-order valence-electron chi connectivity index (χ0n) is 12.9. The number of hydrogen-bond acceptors (Lipinski definition) is 4. The van der Waals surface area contributed by atoms with Gasteiger partial charge in [0.1, 0.15) is 5.75 Å². The van der Waals surface area contributed by atoms with Crippen molar-refractivity contribution < 1.29 is 17.9 Å². The second-order valence-electron chi connectivity index (χ2n) is 5.11. The van der Waals surface area contributed by atoms with Crippen LogP contribution >= 0.6 is 0 Å². The Bertz CT molecular complexity index is 757. The lowest BCUT2D eigenvalue weighted by Gasteiger charge is -2.08. The SMILES string of the molecule is COc1cccc(NC(=O)CCS(=O)(=O)Cc2ccccc2)c1. The topological polar surface area (TPSA) is 72.5 Å². The van der Waals surface area contributed by atoms with E-state index in [1.807, 2.05) is 6.07 Å². The van der Waals surface area contributed by atoms with Crippen LogP contribution in [0.3, 0.4) is 0 Å². The Labute approximate surface area is 136 Å². The van der Waals surface area contributed by atoms with Crippen molar-refractivity contribution in [3.8, 4) is 5.75 Å². The standard InChI is InChI=1S/C17H19NO4S/c1-22-16-9-5-8-15(12-16)18-17(19)10-11-23(20,21)13-14-6-3-2-4-7-14/h2-9,12H,10-11,13H2,1H3,(H,18,19). The van der Waals surface area contributed by atoms with Crippen molar-refractivity contribution in [2.24, 2.45) is 0 Å². The molecule has 1 amide bonds. The van der Waals surface area contributed by atoms with Gasteiger partial charge in [-0.25, -0.2) is 8.42 Å². The second kappa shape index (κ2) is 7.78. The fraction of sp³-hybridized carbons (Fsp3) is 0.235. The number of carbonyl (C=O) groups excluding carboxylic acids is 1. The smallest absolute Gasteiger partial charge is 0.225 e. The van der Waals surface area contributed by atoms with Crippen molar-refractivity contribution in [2.75, 3.05) is 18.2 Å². The minimum Gasteiger partial charge on any atom is -0.497 e. The molecule has 0 aliphatic carbocycles.